The van der Waals surface area contributed by atoms with Gasteiger partial charge in [-0.1, -0.05) is 6.08 Å². The van der Waals surface area contributed by atoms with Crippen molar-refractivity contribution in [3.05, 3.63) is 12.7 Å². The van der Waals surface area contributed by atoms with Crippen LogP contribution in [0.25, 0.3) is 0 Å². The van der Waals surface area contributed by atoms with Crippen molar-refractivity contribution in [3.8, 4) is 0 Å². The Labute approximate surface area is 88.2 Å². The van der Waals surface area contributed by atoms with Crippen LogP contribution in [0.5, 0.6) is 0 Å². The first-order valence-electron chi connectivity index (χ1n) is 5.05. The molecular weight excluding hydrogens is 196 g/mol. The van der Waals surface area contributed by atoms with E-state index >= 15 is 0 Å². The van der Waals surface area contributed by atoms with Gasteiger partial charge in [0.1, 0.15) is 0 Å². The Bertz CT molecular complexity index is 323. The van der Waals surface area contributed by atoms with E-state index < -0.39 is 17.4 Å². The Morgan fingerprint density at radius 2 is 2.47 bits per heavy atom. The number of carbonyl (C=O) groups excluding carboxylic acids is 2. The fourth-order valence-corrected chi connectivity index (χ4v) is 2.76. The van der Waals surface area contributed by atoms with Gasteiger partial charge >= 0.3 is 11.9 Å². The Balaban J connectivity index is 2.38. The van der Waals surface area contributed by atoms with Crippen LogP contribution in [0.1, 0.15) is 12.8 Å². The molecule has 0 aromatic carbocycles. The van der Waals surface area contributed by atoms with Crippen molar-refractivity contribution in [1.82, 2.24) is 0 Å². The number of rotatable bonds is 2. The highest BCUT2D eigenvalue weighted by molar-refractivity contribution is 6.02. The minimum absolute atomic E-state index is 0.0880. The van der Waals surface area contributed by atoms with E-state index in [0.29, 0.717) is 13.0 Å². The zero-order chi connectivity index (χ0) is 11.1. The van der Waals surface area contributed by atoms with E-state index in [1.54, 1.807) is 6.08 Å². The number of hydrogen-bond acceptors (Lipinski definition) is 4. The minimum atomic E-state index is -1.05. The molecule has 0 spiro atoms. The largest absolute Gasteiger partial charge is 0.468 e. The summed E-state index contributed by atoms with van der Waals surface area (Å²) < 4.78 is 9.72. The van der Waals surface area contributed by atoms with Gasteiger partial charge < -0.3 is 9.47 Å². The van der Waals surface area contributed by atoms with Crippen molar-refractivity contribution in [2.45, 2.75) is 12.8 Å². The third-order valence-electron chi connectivity index (χ3n) is 3.63. The van der Waals surface area contributed by atoms with E-state index in [9.17, 15) is 9.59 Å². The van der Waals surface area contributed by atoms with Crippen LogP contribution in [0.15, 0.2) is 12.7 Å². The fraction of sp³-hybridized carbons (Fsp3) is 0.636. The van der Waals surface area contributed by atoms with E-state index in [4.69, 9.17) is 9.47 Å². The molecule has 4 heteroatoms. The van der Waals surface area contributed by atoms with Gasteiger partial charge in [0.25, 0.3) is 0 Å². The number of allylic oxidation sites excluding steroid dienone is 1. The van der Waals surface area contributed by atoms with Crippen LogP contribution >= 0.6 is 0 Å². The zero-order valence-corrected chi connectivity index (χ0v) is 8.69. The van der Waals surface area contributed by atoms with E-state index in [0.717, 1.165) is 6.42 Å². The van der Waals surface area contributed by atoms with E-state index in [2.05, 4.69) is 6.58 Å². The van der Waals surface area contributed by atoms with Crippen molar-refractivity contribution < 1.29 is 19.1 Å². The number of carbonyl (C=O) groups is 2. The molecule has 1 aliphatic heterocycles. The first kappa shape index (κ1) is 10.2. The number of hydrogen-bond donors (Lipinski definition) is 0. The minimum Gasteiger partial charge on any atom is -0.468 e. The van der Waals surface area contributed by atoms with Gasteiger partial charge in [-0.2, -0.15) is 0 Å². The molecule has 0 amide bonds. The maximum atomic E-state index is 11.7. The molecule has 1 aliphatic carbocycles. The van der Waals surface area contributed by atoms with E-state index in [-0.39, 0.29) is 11.8 Å². The second-order valence-corrected chi connectivity index (χ2v) is 4.11. The summed E-state index contributed by atoms with van der Waals surface area (Å²) in [6.07, 6.45) is 3.12. The van der Waals surface area contributed by atoms with Crippen LogP contribution in [0.2, 0.25) is 0 Å². The molecular formula is C11H14O4. The lowest BCUT2D eigenvalue weighted by molar-refractivity contribution is -0.163. The molecule has 4 nitrogen and oxygen atoms in total. The van der Waals surface area contributed by atoms with Crippen molar-refractivity contribution in [3.63, 3.8) is 0 Å². The van der Waals surface area contributed by atoms with Crippen LogP contribution in [-0.2, 0) is 19.1 Å². The summed E-state index contributed by atoms with van der Waals surface area (Å²) in [4.78, 5) is 23.4. The van der Waals surface area contributed by atoms with Crippen LogP contribution < -0.4 is 0 Å². The lowest BCUT2D eigenvalue weighted by Gasteiger charge is -2.21. The molecule has 2 fully saturated rings. The molecule has 82 valence electrons. The average Bonchev–Trinajstić information content (AvgIpc) is 2.77. The van der Waals surface area contributed by atoms with Gasteiger partial charge in [-0.15, -0.1) is 6.58 Å². The predicted octanol–water partition coefficient (Wildman–Crippen LogP) is 0.915. The van der Waals surface area contributed by atoms with Gasteiger partial charge in [0.15, 0.2) is 5.41 Å². The van der Waals surface area contributed by atoms with Gasteiger partial charge in [0.2, 0.25) is 0 Å². The topological polar surface area (TPSA) is 52.6 Å². The zero-order valence-electron chi connectivity index (χ0n) is 8.69. The normalized spacial score (nSPS) is 38.3. The molecule has 0 radical (unpaired) electrons. The summed E-state index contributed by atoms with van der Waals surface area (Å²) in [7, 11) is 1.31. The van der Waals surface area contributed by atoms with Crippen LogP contribution in [0.3, 0.4) is 0 Å². The molecule has 0 aromatic rings. The molecule has 15 heavy (non-hydrogen) atoms. The molecule has 1 saturated heterocycles. The van der Waals surface area contributed by atoms with Crippen molar-refractivity contribution in [2.75, 3.05) is 13.7 Å². The highest BCUT2D eigenvalue weighted by atomic mass is 16.6. The van der Waals surface area contributed by atoms with Crippen LogP contribution in [0.4, 0.5) is 0 Å². The fourth-order valence-electron chi connectivity index (χ4n) is 2.76. The van der Waals surface area contributed by atoms with Crippen molar-refractivity contribution >= 4 is 11.9 Å². The molecule has 2 aliphatic rings. The van der Waals surface area contributed by atoms with Crippen molar-refractivity contribution in [1.29, 1.82) is 0 Å². The number of esters is 2. The Morgan fingerprint density at radius 1 is 1.73 bits per heavy atom. The molecule has 0 N–H and O–H groups in total. The summed E-state index contributed by atoms with van der Waals surface area (Å²) in [5, 5.41) is 0. The molecule has 1 saturated carbocycles. The molecule has 1 heterocycles. The SMILES string of the molecule is C=C[C@@H]1CC[C@]2(C(=O)OC)C(=O)OC[C@H]12. The third kappa shape index (κ3) is 1.14. The highest BCUT2D eigenvalue weighted by Crippen LogP contribution is 2.52. The van der Waals surface area contributed by atoms with Gasteiger partial charge in [-0.3, -0.25) is 9.59 Å². The lowest BCUT2D eigenvalue weighted by Crippen LogP contribution is -2.39. The Hall–Kier alpha value is -1.32. The highest BCUT2D eigenvalue weighted by Gasteiger charge is 2.64. The Morgan fingerprint density at radius 3 is 3.07 bits per heavy atom. The molecule has 0 bridgehead atoms. The summed E-state index contributed by atoms with van der Waals surface area (Å²) in [6, 6.07) is 0. The number of ether oxygens (including phenoxy) is 2. The number of methoxy groups -OCH3 is 1. The Kier molecular flexibility index (Phi) is 2.29. The smallest absolute Gasteiger partial charge is 0.323 e. The summed E-state index contributed by atoms with van der Waals surface area (Å²) >= 11 is 0. The quantitative estimate of drug-likeness (QED) is 0.386. The van der Waals surface area contributed by atoms with Crippen LogP contribution in [-0.4, -0.2) is 25.7 Å². The standard InChI is InChI=1S/C11H14O4/c1-3-7-4-5-11(9(12)14-2)8(7)6-15-10(11)13/h3,7-8H,1,4-6H2,2H3/t7-,8-,11+/m1/s1. The maximum absolute atomic E-state index is 11.7. The average molecular weight is 210 g/mol. The van der Waals surface area contributed by atoms with Crippen LogP contribution in [0, 0.1) is 17.3 Å². The van der Waals surface area contributed by atoms with E-state index in [1.165, 1.54) is 7.11 Å². The summed E-state index contributed by atoms with van der Waals surface area (Å²) in [5.74, 6) is -0.798. The molecule has 0 aromatic heterocycles. The monoisotopic (exact) mass is 210 g/mol. The molecule has 0 unspecified atom stereocenters. The first-order chi connectivity index (χ1) is 7.16. The van der Waals surface area contributed by atoms with Gasteiger partial charge in [-0.05, 0) is 18.8 Å². The molecule has 2 rings (SSSR count). The summed E-state index contributed by atoms with van der Waals surface area (Å²) in [6.45, 7) is 4.04. The second-order valence-electron chi connectivity index (χ2n) is 4.11. The van der Waals surface area contributed by atoms with Gasteiger partial charge in [-0.25, -0.2) is 0 Å². The summed E-state index contributed by atoms with van der Waals surface area (Å²) in [5.41, 5.74) is -1.05. The number of fused-ring (bicyclic) bond motifs is 1. The molecule has 3 atom stereocenters. The third-order valence-corrected chi connectivity index (χ3v) is 3.63. The van der Waals surface area contributed by atoms with Gasteiger partial charge in [0.05, 0.1) is 13.7 Å². The lowest BCUT2D eigenvalue weighted by atomic mass is 9.77. The second kappa shape index (κ2) is 3.36. The number of cyclic esters (lactones) is 1. The predicted molar refractivity (Wildman–Crippen MR) is 51.8 cm³/mol. The van der Waals surface area contributed by atoms with Gasteiger partial charge in [0, 0.05) is 5.92 Å². The van der Waals surface area contributed by atoms with E-state index in [1.807, 2.05) is 0 Å². The maximum Gasteiger partial charge on any atom is 0.323 e. The van der Waals surface area contributed by atoms with Crippen molar-refractivity contribution in [2.24, 2.45) is 17.3 Å². The first-order valence-corrected chi connectivity index (χ1v) is 5.05.